The third kappa shape index (κ3) is 3.63. The molecule has 3 heterocycles. The van der Waals surface area contributed by atoms with E-state index in [2.05, 4.69) is 66.1 Å². The number of hydrogen-bond acceptors (Lipinski definition) is 5. The van der Waals surface area contributed by atoms with Gasteiger partial charge in [0.1, 0.15) is 16.5 Å². The molecule has 1 N–H and O–H groups in total. The molecule has 0 aliphatic carbocycles. The fraction of sp³-hybridized carbons (Fsp3) is 0.167. The molecule has 0 aliphatic rings. The summed E-state index contributed by atoms with van der Waals surface area (Å²) in [6.07, 6.45) is 6.26. The van der Waals surface area contributed by atoms with E-state index in [1.54, 1.807) is 11.8 Å². The summed E-state index contributed by atoms with van der Waals surface area (Å²) in [7, 11) is 2.00. The molecule has 28 heavy (non-hydrogen) atoms. The fourth-order valence-corrected chi connectivity index (χ4v) is 5.97. The number of thioether (sulfide) groups is 1. The number of anilines is 2. The van der Waals surface area contributed by atoms with Crippen molar-refractivity contribution in [1.82, 2.24) is 23.9 Å². The van der Waals surface area contributed by atoms with Gasteiger partial charge in [0.15, 0.2) is 5.65 Å². The third-order valence-corrected chi connectivity index (χ3v) is 7.54. The zero-order valence-corrected chi connectivity index (χ0v) is 20.1. The number of aryl methyl sites for hydroxylation is 2. The Morgan fingerprint density at radius 2 is 2.04 bits per heavy atom. The van der Waals surface area contributed by atoms with Gasteiger partial charge in [-0.1, -0.05) is 17.7 Å². The molecule has 1 aromatic carbocycles. The molecule has 0 amide bonds. The van der Waals surface area contributed by atoms with E-state index < -0.39 is 0 Å². The van der Waals surface area contributed by atoms with Gasteiger partial charge >= 0.3 is 0 Å². The lowest BCUT2D eigenvalue weighted by atomic mass is 10.1. The zero-order chi connectivity index (χ0) is 19.8. The Labute approximate surface area is 186 Å². The number of fused-ring (bicyclic) bond motifs is 1. The quantitative estimate of drug-likeness (QED) is 0.144. The first-order valence-corrected chi connectivity index (χ1v) is 14.0. The molecule has 0 bridgehead atoms. The summed E-state index contributed by atoms with van der Waals surface area (Å²) in [6, 6.07) is 8.17. The lowest BCUT2D eigenvalue weighted by Crippen LogP contribution is -1.97. The minimum atomic E-state index is 0.447. The molecule has 4 rings (SSSR count). The molecule has 4 aromatic rings. The van der Waals surface area contributed by atoms with Crippen LogP contribution in [0, 0.1) is 6.92 Å². The van der Waals surface area contributed by atoms with Crippen LogP contribution in [0.2, 0.25) is 5.15 Å². The topological polar surface area (TPSA) is 60.6 Å². The molecule has 1 atom stereocenters. The lowest BCUT2D eigenvalue weighted by molar-refractivity contribution is 0.921. The van der Waals surface area contributed by atoms with Gasteiger partial charge in [-0.25, -0.2) is 15.0 Å². The summed E-state index contributed by atoms with van der Waals surface area (Å²) in [6.45, 7) is 1.99. The van der Waals surface area contributed by atoms with E-state index in [0.29, 0.717) is 11.5 Å². The average molecular weight is 543 g/mol. The van der Waals surface area contributed by atoms with E-state index in [0.717, 1.165) is 44.5 Å². The summed E-state index contributed by atoms with van der Waals surface area (Å²) in [5.41, 5.74) is 5.69. The van der Waals surface area contributed by atoms with Crippen molar-refractivity contribution < 1.29 is 0 Å². The van der Waals surface area contributed by atoms with Crippen LogP contribution in [0.15, 0.2) is 41.7 Å². The van der Waals surface area contributed by atoms with E-state index >= 15 is 0 Å². The van der Waals surface area contributed by atoms with Crippen molar-refractivity contribution in [2.24, 2.45) is 7.05 Å². The molecule has 3 aromatic heterocycles. The predicted molar refractivity (Wildman–Crippen MR) is 129 cm³/mol. The van der Waals surface area contributed by atoms with Crippen molar-refractivity contribution in [1.29, 1.82) is 0 Å². The minimum absolute atomic E-state index is 0.447. The highest BCUT2D eigenvalue weighted by Crippen LogP contribution is 2.37. The van der Waals surface area contributed by atoms with Crippen LogP contribution >= 0.6 is 51.8 Å². The lowest BCUT2D eigenvalue weighted by Gasteiger charge is -2.13. The maximum Gasteiger partial charge on any atom is 0.167 e. The zero-order valence-electron chi connectivity index (χ0n) is 15.4. The van der Waals surface area contributed by atoms with Gasteiger partial charge in [-0.15, -0.1) is 11.8 Å². The Bertz CT molecular complexity index is 1170. The number of pyridine rings is 1. The van der Waals surface area contributed by atoms with Crippen molar-refractivity contribution in [2.75, 3.05) is 11.6 Å². The van der Waals surface area contributed by atoms with Crippen LogP contribution in [0.4, 0.5) is 11.4 Å². The first-order chi connectivity index (χ1) is 13.5. The van der Waals surface area contributed by atoms with Gasteiger partial charge < -0.3 is 9.88 Å². The third-order valence-electron chi connectivity index (χ3n) is 4.42. The van der Waals surface area contributed by atoms with E-state index in [1.165, 1.54) is 0 Å². The molecular formula is C18H17ClIN6PS. The number of nitrogens with zero attached hydrogens (tertiary/aromatic N) is 5. The highest BCUT2D eigenvalue weighted by Gasteiger charge is 2.15. The largest absolute Gasteiger partial charge is 0.353 e. The van der Waals surface area contributed by atoms with Gasteiger partial charge in [0.05, 0.1) is 36.0 Å². The highest BCUT2D eigenvalue weighted by atomic mass is 127. The normalized spacial score (nSPS) is 11.8. The smallest absolute Gasteiger partial charge is 0.167 e. The van der Waals surface area contributed by atoms with Crippen molar-refractivity contribution >= 4 is 74.3 Å². The van der Waals surface area contributed by atoms with Crippen molar-refractivity contribution in [3.05, 3.63) is 47.8 Å². The first-order valence-electron chi connectivity index (χ1n) is 8.36. The van der Waals surface area contributed by atoms with Crippen LogP contribution in [0.25, 0.3) is 22.4 Å². The Kier molecular flexibility index (Phi) is 5.83. The molecule has 144 valence electrons. The van der Waals surface area contributed by atoms with Crippen LogP contribution in [0.3, 0.4) is 0 Å². The first kappa shape index (κ1) is 19.9. The van der Waals surface area contributed by atoms with Gasteiger partial charge in [-0.3, -0.25) is 4.34 Å². The number of nitrogens with one attached hydrogen (secondary N) is 1. The van der Waals surface area contributed by atoms with E-state index in [1.807, 2.05) is 37.1 Å². The fourth-order valence-electron chi connectivity index (χ4n) is 3.06. The molecule has 0 saturated carbocycles. The molecular weight excluding hydrogens is 526 g/mol. The minimum Gasteiger partial charge on any atom is -0.353 e. The second kappa shape index (κ2) is 8.18. The molecule has 0 aliphatic heterocycles. The monoisotopic (exact) mass is 542 g/mol. The Hall–Kier alpha value is -1.35. The predicted octanol–water partition coefficient (Wildman–Crippen LogP) is 6.05. The van der Waals surface area contributed by atoms with Crippen molar-refractivity contribution in [3.63, 3.8) is 0 Å². The summed E-state index contributed by atoms with van der Waals surface area (Å²) in [4.78, 5) is 14.5. The van der Waals surface area contributed by atoms with Crippen molar-refractivity contribution in [3.8, 4) is 11.3 Å². The van der Waals surface area contributed by atoms with E-state index in [9.17, 15) is 0 Å². The van der Waals surface area contributed by atoms with Gasteiger partial charge in [-0.2, -0.15) is 0 Å². The molecule has 0 saturated heterocycles. The van der Waals surface area contributed by atoms with Gasteiger partial charge in [0.2, 0.25) is 0 Å². The summed E-state index contributed by atoms with van der Waals surface area (Å²) >= 11 is 10.3. The number of benzene rings is 1. The van der Waals surface area contributed by atoms with E-state index in [-0.39, 0.29) is 0 Å². The number of rotatable bonds is 5. The summed E-state index contributed by atoms with van der Waals surface area (Å²) in [5.74, 6) is 0.928. The van der Waals surface area contributed by atoms with Gasteiger partial charge in [0.25, 0.3) is 0 Å². The summed E-state index contributed by atoms with van der Waals surface area (Å²) < 4.78 is 4.09. The molecule has 0 spiro atoms. The maximum atomic E-state index is 6.31. The molecule has 6 nitrogen and oxygen atoms in total. The van der Waals surface area contributed by atoms with Crippen molar-refractivity contribution in [2.45, 2.75) is 11.8 Å². The molecule has 0 radical (unpaired) electrons. The maximum absolute atomic E-state index is 6.31. The second-order valence-corrected chi connectivity index (χ2v) is 9.47. The Balaban J connectivity index is 1.78. The number of halogens is 2. The van der Waals surface area contributed by atoms with E-state index in [4.69, 9.17) is 16.6 Å². The van der Waals surface area contributed by atoms with Crippen LogP contribution in [-0.2, 0) is 7.05 Å². The van der Waals surface area contributed by atoms with Crippen LogP contribution in [-0.4, -0.2) is 30.1 Å². The Morgan fingerprint density at radius 3 is 2.71 bits per heavy atom. The molecule has 0 fully saturated rings. The van der Waals surface area contributed by atoms with Crippen LogP contribution < -0.4 is 5.32 Å². The standard InChI is InChI=1S/C18H17ClIN6PS/c1-10-22-17-13(7-16(19)24-18(17)26(10)27-20)23-12-5-4-11(6-15(12)28-3)14-8-21-9-25(14)2/h4-9,27H,1-3H3,(H,23,24). The average Bonchev–Trinajstić information content (AvgIpc) is 3.24. The van der Waals surface area contributed by atoms with Crippen LogP contribution in [0.1, 0.15) is 5.82 Å². The molecule has 10 heteroatoms. The summed E-state index contributed by atoms with van der Waals surface area (Å²) in [5, 5.41) is 3.96. The Morgan fingerprint density at radius 1 is 1.21 bits per heavy atom. The van der Waals surface area contributed by atoms with Gasteiger partial charge in [-0.05, 0) is 47.4 Å². The van der Waals surface area contributed by atoms with Gasteiger partial charge in [0, 0.05) is 23.6 Å². The number of imidazole rings is 2. The molecule has 1 unspecified atom stereocenters. The SMILES string of the molecule is CSc1cc(-c2cncn2C)ccc1Nc1cc(Cl)nc2c1nc(C)n2PI. The number of aromatic nitrogens is 5. The van der Waals surface area contributed by atoms with Crippen LogP contribution in [0.5, 0.6) is 0 Å². The number of hydrogen-bond donors (Lipinski definition) is 1. The second-order valence-electron chi connectivity index (χ2n) is 6.17. The highest BCUT2D eigenvalue weighted by molar-refractivity contribution is 14.2.